The third-order valence-electron chi connectivity index (χ3n) is 2.71. The highest BCUT2D eigenvalue weighted by molar-refractivity contribution is 7.92. The van der Waals surface area contributed by atoms with Crippen LogP contribution in [0.3, 0.4) is 0 Å². The fourth-order valence-electron chi connectivity index (χ4n) is 1.79. The number of halogens is 3. The number of hydrogen-bond acceptors (Lipinski definition) is 4. The van der Waals surface area contributed by atoms with Crippen molar-refractivity contribution in [3.8, 4) is 0 Å². The highest BCUT2D eigenvalue weighted by atomic mass is 32.2. The Morgan fingerprint density at radius 3 is 2.43 bits per heavy atom. The zero-order valence-corrected chi connectivity index (χ0v) is 12.1. The molecule has 21 heavy (non-hydrogen) atoms. The number of aromatic nitrogens is 4. The Kier molecular flexibility index (Phi) is 3.48. The van der Waals surface area contributed by atoms with Gasteiger partial charge in [0.15, 0.2) is 5.69 Å². The van der Waals surface area contributed by atoms with Crippen LogP contribution >= 0.6 is 0 Å². The second-order valence-electron chi connectivity index (χ2n) is 4.43. The van der Waals surface area contributed by atoms with Crippen molar-refractivity contribution < 1.29 is 21.6 Å². The van der Waals surface area contributed by atoms with Crippen LogP contribution in [0.4, 0.5) is 18.9 Å². The zero-order valence-electron chi connectivity index (χ0n) is 11.3. The van der Waals surface area contributed by atoms with Crippen molar-refractivity contribution in [2.45, 2.75) is 24.9 Å². The Morgan fingerprint density at radius 1 is 1.33 bits per heavy atom. The first kappa shape index (κ1) is 15.4. The average Bonchev–Trinajstić information content (AvgIpc) is 2.82. The minimum Gasteiger partial charge on any atom is -0.280 e. The Morgan fingerprint density at radius 2 is 1.95 bits per heavy atom. The first-order valence-corrected chi connectivity index (χ1v) is 7.16. The topological polar surface area (TPSA) is 92.7 Å². The second-order valence-corrected chi connectivity index (χ2v) is 6.08. The number of alkyl halides is 3. The van der Waals surface area contributed by atoms with Gasteiger partial charge in [0.25, 0.3) is 10.0 Å². The number of H-pyrrole nitrogens is 1. The molecule has 0 amide bonds. The number of aromatic amines is 1. The Bertz CT molecular complexity index is 775. The number of hydrogen-bond donors (Lipinski definition) is 2. The van der Waals surface area contributed by atoms with E-state index in [1.807, 2.05) is 4.72 Å². The number of nitrogens with one attached hydrogen (secondary N) is 2. The fourth-order valence-corrected chi connectivity index (χ4v) is 3.14. The van der Waals surface area contributed by atoms with Crippen molar-refractivity contribution in [2.75, 3.05) is 4.72 Å². The van der Waals surface area contributed by atoms with Gasteiger partial charge in [-0.3, -0.25) is 14.5 Å². The molecular formula is C10H12F3N5O2S. The van der Waals surface area contributed by atoms with Crippen LogP contribution in [0.15, 0.2) is 11.1 Å². The van der Waals surface area contributed by atoms with E-state index in [4.69, 9.17) is 0 Å². The molecule has 116 valence electrons. The molecule has 0 aliphatic heterocycles. The van der Waals surface area contributed by atoms with E-state index in [1.165, 1.54) is 31.8 Å². The van der Waals surface area contributed by atoms with E-state index < -0.39 is 27.6 Å². The maximum absolute atomic E-state index is 12.8. The summed E-state index contributed by atoms with van der Waals surface area (Å²) in [5.41, 5.74) is -1.79. The van der Waals surface area contributed by atoms with Gasteiger partial charge in [-0.25, -0.2) is 8.42 Å². The van der Waals surface area contributed by atoms with E-state index in [9.17, 15) is 21.6 Å². The summed E-state index contributed by atoms with van der Waals surface area (Å²) < 4.78 is 65.9. The SMILES string of the molecule is Cc1nn(C)cc1S(=O)(=O)Nc1c(C(F)(F)F)n[nH]c1C. The van der Waals surface area contributed by atoms with Crippen LogP contribution in [-0.2, 0) is 23.2 Å². The molecule has 7 nitrogen and oxygen atoms in total. The van der Waals surface area contributed by atoms with Gasteiger partial charge in [0.05, 0.1) is 11.4 Å². The van der Waals surface area contributed by atoms with Crippen molar-refractivity contribution in [1.82, 2.24) is 20.0 Å². The van der Waals surface area contributed by atoms with Crippen molar-refractivity contribution in [1.29, 1.82) is 0 Å². The number of aryl methyl sites for hydroxylation is 3. The van der Waals surface area contributed by atoms with Gasteiger partial charge < -0.3 is 0 Å². The van der Waals surface area contributed by atoms with Gasteiger partial charge >= 0.3 is 6.18 Å². The summed E-state index contributed by atoms with van der Waals surface area (Å²) in [6.45, 7) is 2.73. The van der Waals surface area contributed by atoms with E-state index >= 15 is 0 Å². The minimum atomic E-state index is -4.77. The zero-order chi connectivity index (χ0) is 16.0. The summed E-state index contributed by atoms with van der Waals surface area (Å²) in [6, 6.07) is 0. The Labute approximate surface area is 118 Å². The molecule has 0 saturated heterocycles. The van der Waals surface area contributed by atoms with E-state index in [0.717, 1.165) is 0 Å². The van der Waals surface area contributed by atoms with Crippen LogP contribution in [0.1, 0.15) is 17.1 Å². The van der Waals surface area contributed by atoms with Gasteiger partial charge in [-0.05, 0) is 13.8 Å². The summed E-state index contributed by atoms with van der Waals surface area (Å²) >= 11 is 0. The molecule has 0 unspecified atom stereocenters. The van der Waals surface area contributed by atoms with Crippen molar-refractivity contribution in [3.05, 3.63) is 23.3 Å². The molecule has 11 heteroatoms. The molecule has 0 atom stereocenters. The lowest BCUT2D eigenvalue weighted by Crippen LogP contribution is -2.17. The third kappa shape index (κ3) is 2.86. The Hall–Kier alpha value is -2.04. The summed E-state index contributed by atoms with van der Waals surface area (Å²) in [5, 5.41) is 9.07. The van der Waals surface area contributed by atoms with Gasteiger partial charge in [0.1, 0.15) is 10.6 Å². The van der Waals surface area contributed by atoms with Crippen LogP contribution in [0.25, 0.3) is 0 Å². The standard InChI is InChI=1S/C10H12F3N5O2S/c1-5-7(4-18(3)16-5)21(19,20)17-8-6(2)14-15-9(8)10(11,12)13/h4,17H,1-3H3,(H,14,15). The molecule has 2 N–H and O–H groups in total. The van der Waals surface area contributed by atoms with E-state index in [0.29, 0.717) is 0 Å². The van der Waals surface area contributed by atoms with Crippen molar-refractivity contribution in [3.63, 3.8) is 0 Å². The number of anilines is 1. The predicted molar refractivity (Wildman–Crippen MR) is 67.1 cm³/mol. The van der Waals surface area contributed by atoms with Crippen LogP contribution in [0.5, 0.6) is 0 Å². The second kappa shape index (κ2) is 4.76. The molecule has 0 aliphatic rings. The summed E-state index contributed by atoms with van der Waals surface area (Å²) in [4.78, 5) is -0.196. The lowest BCUT2D eigenvalue weighted by atomic mass is 10.3. The molecule has 2 heterocycles. The fraction of sp³-hybridized carbons (Fsp3) is 0.400. The number of nitrogens with zero attached hydrogens (tertiary/aromatic N) is 3. The number of rotatable bonds is 3. The van der Waals surface area contributed by atoms with Gasteiger partial charge in [-0.2, -0.15) is 23.4 Å². The molecule has 2 aromatic rings. The smallest absolute Gasteiger partial charge is 0.280 e. The number of sulfonamides is 1. The maximum Gasteiger partial charge on any atom is 0.437 e. The molecule has 2 aromatic heterocycles. The predicted octanol–water partition coefficient (Wildman–Crippen LogP) is 1.58. The molecular weight excluding hydrogens is 311 g/mol. The molecule has 0 fully saturated rings. The summed E-state index contributed by atoms with van der Waals surface area (Å²) in [7, 11) is -2.68. The van der Waals surface area contributed by atoms with Crippen molar-refractivity contribution in [2.24, 2.45) is 7.05 Å². The molecule has 2 rings (SSSR count). The molecule has 0 spiro atoms. The van der Waals surface area contributed by atoms with Gasteiger partial charge in [0, 0.05) is 13.2 Å². The van der Waals surface area contributed by atoms with Crippen molar-refractivity contribution >= 4 is 15.7 Å². The first-order valence-electron chi connectivity index (χ1n) is 5.67. The van der Waals surface area contributed by atoms with Crippen LogP contribution in [0.2, 0.25) is 0 Å². The highest BCUT2D eigenvalue weighted by Gasteiger charge is 2.39. The first-order chi connectivity index (χ1) is 9.52. The van der Waals surface area contributed by atoms with Crippen LogP contribution in [0, 0.1) is 13.8 Å². The lowest BCUT2D eigenvalue weighted by Gasteiger charge is -2.10. The average molecular weight is 323 g/mol. The van der Waals surface area contributed by atoms with Gasteiger partial charge in [0.2, 0.25) is 0 Å². The van der Waals surface area contributed by atoms with Crippen LogP contribution in [-0.4, -0.2) is 28.4 Å². The lowest BCUT2D eigenvalue weighted by molar-refractivity contribution is -0.140. The summed E-state index contributed by atoms with van der Waals surface area (Å²) in [6.07, 6.45) is -3.56. The van der Waals surface area contributed by atoms with E-state index in [1.54, 1.807) is 0 Å². The van der Waals surface area contributed by atoms with E-state index in [-0.39, 0.29) is 16.3 Å². The molecule has 0 aliphatic carbocycles. The normalized spacial score (nSPS) is 12.7. The highest BCUT2D eigenvalue weighted by Crippen LogP contribution is 2.35. The largest absolute Gasteiger partial charge is 0.437 e. The van der Waals surface area contributed by atoms with Crippen LogP contribution < -0.4 is 4.72 Å². The quantitative estimate of drug-likeness (QED) is 0.897. The maximum atomic E-state index is 12.8. The molecule has 0 aromatic carbocycles. The molecule has 0 radical (unpaired) electrons. The van der Waals surface area contributed by atoms with Gasteiger partial charge in [-0.15, -0.1) is 0 Å². The summed E-state index contributed by atoms with van der Waals surface area (Å²) in [5.74, 6) is 0. The van der Waals surface area contributed by atoms with Gasteiger partial charge in [-0.1, -0.05) is 0 Å². The third-order valence-corrected chi connectivity index (χ3v) is 4.16. The van der Waals surface area contributed by atoms with E-state index in [2.05, 4.69) is 15.3 Å². The monoisotopic (exact) mass is 323 g/mol. The minimum absolute atomic E-state index is 0.0348. The Balaban J connectivity index is 2.47. The molecule has 0 saturated carbocycles. The molecule has 0 bridgehead atoms.